The zero-order chi connectivity index (χ0) is 14.0. The minimum Gasteiger partial charge on any atom is -0.491 e. The van der Waals surface area contributed by atoms with Gasteiger partial charge in [-0.05, 0) is 50.8 Å². The van der Waals surface area contributed by atoms with Crippen LogP contribution in [0.4, 0.5) is 0 Å². The average Bonchev–Trinajstić information content (AvgIpc) is 2.76. The fourth-order valence-corrected chi connectivity index (χ4v) is 3.22. The molecule has 0 radical (unpaired) electrons. The molecule has 19 heavy (non-hydrogen) atoms. The third-order valence-corrected chi connectivity index (χ3v) is 4.31. The largest absolute Gasteiger partial charge is 0.491 e. The van der Waals surface area contributed by atoms with Gasteiger partial charge in [-0.1, -0.05) is 18.2 Å². The second-order valence-electron chi connectivity index (χ2n) is 5.17. The van der Waals surface area contributed by atoms with Crippen molar-refractivity contribution in [1.82, 2.24) is 0 Å². The van der Waals surface area contributed by atoms with Gasteiger partial charge in [-0.25, -0.2) is 0 Å². The van der Waals surface area contributed by atoms with E-state index in [0.717, 1.165) is 21.8 Å². The number of ether oxygens (including phenoxy) is 1. The SMILES string of the molecule is Cc1ccsc1C(C)(O)c1ccccc1OC(C)C. The molecule has 0 aliphatic rings. The topological polar surface area (TPSA) is 29.5 Å². The van der Waals surface area contributed by atoms with Crippen LogP contribution < -0.4 is 4.74 Å². The first-order valence-electron chi connectivity index (χ1n) is 6.46. The second kappa shape index (κ2) is 5.35. The number of aryl methyl sites for hydroxylation is 1. The summed E-state index contributed by atoms with van der Waals surface area (Å²) in [7, 11) is 0. The van der Waals surface area contributed by atoms with Gasteiger partial charge in [-0.2, -0.15) is 0 Å². The number of thiophene rings is 1. The molecule has 0 saturated heterocycles. The van der Waals surface area contributed by atoms with E-state index in [1.54, 1.807) is 11.3 Å². The maximum absolute atomic E-state index is 11.0. The third kappa shape index (κ3) is 2.82. The van der Waals surface area contributed by atoms with Crippen molar-refractivity contribution >= 4 is 11.3 Å². The summed E-state index contributed by atoms with van der Waals surface area (Å²) in [5, 5.41) is 13.0. The summed E-state index contributed by atoms with van der Waals surface area (Å²) in [4.78, 5) is 0.965. The molecule has 1 unspecified atom stereocenters. The van der Waals surface area contributed by atoms with Crippen molar-refractivity contribution in [2.45, 2.75) is 39.4 Å². The van der Waals surface area contributed by atoms with Crippen molar-refractivity contribution in [1.29, 1.82) is 0 Å². The molecule has 2 nitrogen and oxygen atoms in total. The van der Waals surface area contributed by atoms with E-state index in [1.807, 2.05) is 63.4 Å². The number of hydrogen-bond donors (Lipinski definition) is 1. The maximum Gasteiger partial charge on any atom is 0.126 e. The molecule has 0 saturated carbocycles. The molecule has 0 bridgehead atoms. The Labute approximate surface area is 118 Å². The van der Waals surface area contributed by atoms with Gasteiger partial charge >= 0.3 is 0 Å². The Balaban J connectivity index is 2.49. The quantitative estimate of drug-likeness (QED) is 0.911. The molecule has 1 atom stereocenters. The van der Waals surface area contributed by atoms with Crippen LogP contribution in [0.5, 0.6) is 5.75 Å². The van der Waals surface area contributed by atoms with Crippen LogP contribution in [0.15, 0.2) is 35.7 Å². The fourth-order valence-electron chi connectivity index (χ4n) is 2.22. The highest BCUT2D eigenvalue weighted by Crippen LogP contribution is 2.39. The first kappa shape index (κ1) is 14.1. The van der Waals surface area contributed by atoms with Gasteiger partial charge < -0.3 is 9.84 Å². The van der Waals surface area contributed by atoms with Crippen molar-refractivity contribution in [2.75, 3.05) is 0 Å². The molecule has 1 N–H and O–H groups in total. The van der Waals surface area contributed by atoms with Gasteiger partial charge in [0.2, 0.25) is 0 Å². The van der Waals surface area contributed by atoms with Gasteiger partial charge in [0, 0.05) is 10.4 Å². The molecule has 2 aromatic rings. The van der Waals surface area contributed by atoms with E-state index in [-0.39, 0.29) is 6.10 Å². The van der Waals surface area contributed by atoms with Crippen LogP contribution in [0.1, 0.15) is 36.8 Å². The molecule has 1 heterocycles. The molecule has 1 aromatic carbocycles. The lowest BCUT2D eigenvalue weighted by Crippen LogP contribution is -2.24. The molecule has 102 valence electrons. The highest BCUT2D eigenvalue weighted by molar-refractivity contribution is 7.10. The van der Waals surface area contributed by atoms with E-state index < -0.39 is 5.60 Å². The summed E-state index contributed by atoms with van der Waals surface area (Å²) in [6, 6.07) is 9.72. The molecule has 0 aliphatic heterocycles. The Kier molecular flexibility index (Phi) is 3.97. The molecular formula is C16H20O2S. The zero-order valence-corrected chi connectivity index (χ0v) is 12.6. The van der Waals surface area contributed by atoms with E-state index in [2.05, 4.69) is 0 Å². The minimum absolute atomic E-state index is 0.0846. The standard InChI is InChI=1S/C16H20O2S/c1-11(2)18-14-8-6-5-7-13(14)16(4,17)15-12(3)9-10-19-15/h5-11,17H,1-4H3. The number of hydrogen-bond acceptors (Lipinski definition) is 3. The van der Waals surface area contributed by atoms with Crippen molar-refractivity contribution in [3.63, 3.8) is 0 Å². The molecule has 2 rings (SSSR count). The highest BCUT2D eigenvalue weighted by Gasteiger charge is 2.31. The lowest BCUT2D eigenvalue weighted by atomic mass is 9.91. The summed E-state index contributed by atoms with van der Waals surface area (Å²) < 4.78 is 5.81. The Hall–Kier alpha value is -1.32. The van der Waals surface area contributed by atoms with Crippen LogP contribution in [0.3, 0.4) is 0 Å². The number of aliphatic hydroxyl groups is 1. The average molecular weight is 276 g/mol. The lowest BCUT2D eigenvalue weighted by Gasteiger charge is -2.27. The molecule has 1 aromatic heterocycles. The van der Waals surface area contributed by atoms with Crippen LogP contribution >= 0.6 is 11.3 Å². The van der Waals surface area contributed by atoms with Crippen LogP contribution in [-0.2, 0) is 5.60 Å². The van der Waals surface area contributed by atoms with E-state index in [9.17, 15) is 5.11 Å². The molecule has 0 aliphatic carbocycles. The summed E-state index contributed by atoms with van der Waals surface area (Å²) >= 11 is 1.57. The van der Waals surface area contributed by atoms with E-state index in [4.69, 9.17) is 4.74 Å². The lowest BCUT2D eigenvalue weighted by molar-refractivity contribution is 0.0990. The Bertz CT molecular complexity index is 555. The first-order chi connectivity index (χ1) is 8.93. The predicted octanol–water partition coefficient (Wildman–Crippen LogP) is 4.10. The molecule has 0 fully saturated rings. The Morgan fingerprint density at radius 3 is 2.47 bits per heavy atom. The summed E-state index contributed by atoms with van der Waals surface area (Å²) in [6.45, 7) is 7.82. The van der Waals surface area contributed by atoms with Crippen molar-refractivity contribution < 1.29 is 9.84 Å². The fraction of sp³-hybridized carbons (Fsp3) is 0.375. The van der Waals surface area contributed by atoms with Gasteiger partial charge in [0.25, 0.3) is 0 Å². The second-order valence-corrected chi connectivity index (χ2v) is 6.08. The third-order valence-electron chi connectivity index (χ3n) is 3.08. The van der Waals surface area contributed by atoms with Crippen LogP contribution in [0, 0.1) is 6.92 Å². The van der Waals surface area contributed by atoms with E-state index in [1.165, 1.54) is 0 Å². The molecule has 3 heteroatoms. The van der Waals surface area contributed by atoms with Crippen LogP contribution in [-0.4, -0.2) is 11.2 Å². The van der Waals surface area contributed by atoms with Gasteiger partial charge in [-0.3, -0.25) is 0 Å². The Morgan fingerprint density at radius 2 is 1.89 bits per heavy atom. The number of para-hydroxylation sites is 1. The van der Waals surface area contributed by atoms with Gasteiger partial charge in [0.1, 0.15) is 11.4 Å². The summed E-state index contributed by atoms with van der Waals surface area (Å²) in [5.74, 6) is 0.746. The van der Waals surface area contributed by atoms with Crippen molar-refractivity contribution in [2.24, 2.45) is 0 Å². The summed E-state index contributed by atoms with van der Waals surface area (Å²) in [5.41, 5.74) is 0.896. The summed E-state index contributed by atoms with van der Waals surface area (Å²) in [6.07, 6.45) is 0.0846. The normalized spacial score (nSPS) is 14.4. The molecule has 0 spiro atoms. The first-order valence-corrected chi connectivity index (χ1v) is 7.34. The van der Waals surface area contributed by atoms with Gasteiger partial charge in [-0.15, -0.1) is 11.3 Å². The van der Waals surface area contributed by atoms with Gasteiger partial charge in [0.05, 0.1) is 6.10 Å². The van der Waals surface area contributed by atoms with Gasteiger partial charge in [0.15, 0.2) is 0 Å². The predicted molar refractivity (Wildman–Crippen MR) is 79.9 cm³/mol. The van der Waals surface area contributed by atoms with Crippen LogP contribution in [0.25, 0.3) is 0 Å². The highest BCUT2D eigenvalue weighted by atomic mass is 32.1. The van der Waals surface area contributed by atoms with Crippen molar-refractivity contribution in [3.8, 4) is 5.75 Å². The number of benzene rings is 1. The zero-order valence-electron chi connectivity index (χ0n) is 11.8. The number of rotatable bonds is 4. The molecule has 0 amide bonds. The minimum atomic E-state index is -1.02. The smallest absolute Gasteiger partial charge is 0.126 e. The Morgan fingerprint density at radius 1 is 1.21 bits per heavy atom. The monoisotopic (exact) mass is 276 g/mol. The molecular weight excluding hydrogens is 256 g/mol. The van der Waals surface area contributed by atoms with E-state index >= 15 is 0 Å². The van der Waals surface area contributed by atoms with E-state index in [0.29, 0.717) is 0 Å². The van der Waals surface area contributed by atoms with Crippen LogP contribution in [0.2, 0.25) is 0 Å². The van der Waals surface area contributed by atoms with Crippen molar-refractivity contribution in [3.05, 3.63) is 51.7 Å². The maximum atomic E-state index is 11.0.